The van der Waals surface area contributed by atoms with E-state index in [0.717, 1.165) is 12.2 Å². The first-order valence-electron chi connectivity index (χ1n) is 7.49. The first-order valence-corrected chi connectivity index (χ1v) is 8.88. The van der Waals surface area contributed by atoms with Crippen molar-refractivity contribution in [3.8, 4) is 0 Å². The minimum absolute atomic E-state index is 0.0796. The van der Waals surface area contributed by atoms with Crippen LogP contribution in [0, 0.1) is 0 Å². The van der Waals surface area contributed by atoms with E-state index < -0.39 is 0 Å². The molecule has 124 valence electrons. The second-order valence-electron chi connectivity index (χ2n) is 5.24. The summed E-state index contributed by atoms with van der Waals surface area (Å²) in [5, 5.41) is 12.6. The number of carbonyl (C=O) groups is 1. The van der Waals surface area contributed by atoms with Crippen molar-refractivity contribution in [2.45, 2.75) is 25.4 Å². The maximum Gasteiger partial charge on any atom is 0.261 e. The third kappa shape index (κ3) is 4.80. The number of amides is 1. The van der Waals surface area contributed by atoms with Gasteiger partial charge < -0.3 is 10.4 Å². The molecule has 0 unspecified atom stereocenters. The molecule has 7 heteroatoms. The Hall–Kier alpha value is -1.86. The summed E-state index contributed by atoms with van der Waals surface area (Å²) in [5.74, 6) is 0.699. The van der Waals surface area contributed by atoms with Crippen LogP contribution in [0.1, 0.15) is 12.8 Å². The van der Waals surface area contributed by atoms with Crippen LogP contribution in [0.4, 0.5) is 0 Å². The minimum Gasteiger partial charge on any atom is -0.394 e. The van der Waals surface area contributed by atoms with Crippen LogP contribution in [0.2, 0.25) is 0 Å². The maximum absolute atomic E-state index is 12.3. The average molecular weight is 335 g/mol. The summed E-state index contributed by atoms with van der Waals surface area (Å²) >= 11 is 1.67. The van der Waals surface area contributed by atoms with Crippen LogP contribution in [0.5, 0.6) is 0 Å². The van der Waals surface area contributed by atoms with E-state index in [1.165, 1.54) is 10.9 Å². The van der Waals surface area contributed by atoms with Crippen molar-refractivity contribution in [2.75, 3.05) is 18.6 Å². The molecule has 0 spiro atoms. The first kappa shape index (κ1) is 17.5. The Kier molecular flexibility index (Phi) is 6.61. The molecule has 2 rings (SSSR count). The van der Waals surface area contributed by atoms with Gasteiger partial charge in [0.05, 0.1) is 29.9 Å². The van der Waals surface area contributed by atoms with E-state index in [4.69, 9.17) is 0 Å². The fraction of sp³-hybridized carbons (Fsp3) is 0.438. The Balaban J connectivity index is 1.96. The van der Waals surface area contributed by atoms with Crippen molar-refractivity contribution >= 4 is 28.6 Å². The molecule has 0 radical (unpaired) electrons. The summed E-state index contributed by atoms with van der Waals surface area (Å²) in [5.41, 5.74) is 0.500. The quantitative estimate of drug-likeness (QED) is 0.752. The van der Waals surface area contributed by atoms with Gasteiger partial charge >= 0.3 is 0 Å². The molecular weight excluding hydrogens is 314 g/mol. The molecule has 0 saturated heterocycles. The standard InChI is InChI=1S/C16H21N3O3S/c1-23-9-7-12(10-20)18-15(21)6-8-19-11-17-14-5-3-2-4-13(14)16(19)22/h2-5,11-12,20H,6-10H2,1H3,(H,18,21)/t12-/m1/s1. The minimum atomic E-state index is -0.235. The highest BCUT2D eigenvalue weighted by Crippen LogP contribution is 2.05. The van der Waals surface area contributed by atoms with Crippen molar-refractivity contribution in [3.63, 3.8) is 0 Å². The molecule has 0 aliphatic heterocycles. The SMILES string of the molecule is CSCC[C@H](CO)NC(=O)CCn1cnc2ccccc2c1=O. The Labute approximate surface area is 138 Å². The summed E-state index contributed by atoms with van der Waals surface area (Å²) < 4.78 is 1.44. The predicted molar refractivity (Wildman–Crippen MR) is 92.6 cm³/mol. The highest BCUT2D eigenvalue weighted by atomic mass is 32.2. The van der Waals surface area contributed by atoms with Gasteiger partial charge in [0, 0.05) is 13.0 Å². The third-order valence-electron chi connectivity index (χ3n) is 3.57. The zero-order valence-corrected chi connectivity index (χ0v) is 13.9. The van der Waals surface area contributed by atoms with E-state index in [9.17, 15) is 14.7 Å². The normalized spacial score (nSPS) is 12.3. The van der Waals surface area contributed by atoms with Crippen molar-refractivity contribution in [3.05, 3.63) is 40.9 Å². The summed E-state index contributed by atoms with van der Waals surface area (Å²) in [6, 6.07) is 6.90. The molecule has 6 nitrogen and oxygen atoms in total. The van der Waals surface area contributed by atoms with Crippen LogP contribution in [0.3, 0.4) is 0 Å². The Morgan fingerprint density at radius 1 is 1.43 bits per heavy atom. The van der Waals surface area contributed by atoms with E-state index in [-0.39, 0.29) is 37.1 Å². The second kappa shape index (κ2) is 8.69. The number of carbonyl (C=O) groups excluding carboxylic acids is 1. The summed E-state index contributed by atoms with van der Waals surface area (Å²) in [6.07, 6.45) is 4.35. The highest BCUT2D eigenvalue weighted by Gasteiger charge is 2.11. The smallest absolute Gasteiger partial charge is 0.261 e. The fourth-order valence-electron chi connectivity index (χ4n) is 2.26. The number of fused-ring (bicyclic) bond motifs is 1. The maximum atomic E-state index is 12.3. The van der Waals surface area contributed by atoms with Crippen LogP contribution in [-0.2, 0) is 11.3 Å². The number of aliphatic hydroxyl groups is 1. The second-order valence-corrected chi connectivity index (χ2v) is 6.22. The zero-order chi connectivity index (χ0) is 16.7. The summed E-state index contributed by atoms with van der Waals surface area (Å²) in [6.45, 7) is 0.187. The van der Waals surface area contributed by atoms with Crippen LogP contribution in [-0.4, -0.2) is 45.2 Å². The number of aliphatic hydroxyl groups excluding tert-OH is 1. The number of aromatic nitrogens is 2. The molecule has 1 atom stereocenters. The zero-order valence-electron chi connectivity index (χ0n) is 13.1. The molecule has 1 aromatic carbocycles. The van der Waals surface area contributed by atoms with Gasteiger partial charge in [0.15, 0.2) is 0 Å². The van der Waals surface area contributed by atoms with Gasteiger partial charge in [-0.3, -0.25) is 14.2 Å². The Morgan fingerprint density at radius 2 is 2.22 bits per heavy atom. The monoisotopic (exact) mass is 335 g/mol. The van der Waals surface area contributed by atoms with Crippen molar-refractivity contribution in [2.24, 2.45) is 0 Å². The number of nitrogens with zero attached hydrogens (tertiary/aromatic N) is 2. The molecule has 1 aromatic heterocycles. The van der Waals surface area contributed by atoms with Crippen LogP contribution in [0.25, 0.3) is 10.9 Å². The number of rotatable bonds is 8. The third-order valence-corrected chi connectivity index (χ3v) is 4.21. The lowest BCUT2D eigenvalue weighted by Crippen LogP contribution is -2.38. The van der Waals surface area contributed by atoms with Gasteiger partial charge in [-0.25, -0.2) is 4.98 Å². The first-order chi connectivity index (χ1) is 11.2. The van der Waals surface area contributed by atoms with E-state index in [2.05, 4.69) is 10.3 Å². The van der Waals surface area contributed by atoms with E-state index in [1.54, 1.807) is 30.0 Å². The number of hydrogen-bond acceptors (Lipinski definition) is 5. The van der Waals surface area contributed by atoms with Gasteiger partial charge in [0.2, 0.25) is 5.91 Å². The van der Waals surface area contributed by atoms with Crippen molar-refractivity contribution in [1.29, 1.82) is 0 Å². The molecule has 23 heavy (non-hydrogen) atoms. The molecule has 0 fully saturated rings. The predicted octanol–water partition coefficient (Wildman–Crippen LogP) is 1.02. The average Bonchev–Trinajstić information content (AvgIpc) is 2.58. The Morgan fingerprint density at radius 3 is 2.96 bits per heavy atom. The molecule has 2 N–H and O–H groups in total. The largest absolute Gasteiger partial charge is 0.394 e. The molecule has 2 aromatic rings. The number of para-hydroxylation sites is 1. The lowest BCUT2D eigenvalue weighted by Gasteiger charge is -2.16. The Bertz CT molecular complexity index is 717. The van der Waals surface area contributed by atoms with E-state index in [0.29, 0.717) is 10.9 Å². The van der Waals surface area contributed by atoms with Crippen molar-refractivity contribution < 1.29 is 9.90 Å². The molecule has 0 aliphatic carbocycles. The fourth-order valence-corrected chi connectivity index (χ4v) is 2.78. The molecule has 0 saturated carbocycles. The molecule has 0 aliphatic rings. The summed E-state index contributed by atoms with van der Waals surface area (Å²) in [4.78, 5) is 28.5. The van der Waals surface area contributed by atoms with E-state index in [1.807, 2.05) is 12.3 Å². The topological polar surface area (TPSA) is 84.2 Å². The van der Waals surface area contributed by atoms with Crippen molar-refractivity contribution in [1.82, 2.24) is 14.9 Å². The number of benzene rings is 1. The molecule has 0 bridgehead atoms. The van der Waals surface area contributed by atoms with Gasteiger partial charge in [-0.15, -0.1) is 0 Å². The molecular formula is C16H21N3O3S. The van der Waals surface area contributed by atoms with Gasteiger partial charge in [0.1, 0.15) is 0 Å². The number of aryl methyl sites for hydroxylation is 1. The lowest BCUT2D eigenvalue weighted by atomic mass is 10.2. The van der Waals surface area contributed by atoms with E-state index >= 15 is 0 Å². The summed E-state index contributed by atoms with van der Waals surface area (Å²) in [7, 11) is 0. The highest BCUT2D eigenvalue weighted by molar-refractivity contribution is 7.98. The number of nitrogens with one attached hydrogen (secondary N) is 1. The molecule has 1 heterocycles. The number of thioether (sulfide) groups is 1. The van der Waals surface area contributed by atoms with Gasteiger partial charge in [-0.1, -0.05) is 12.1 Å². The lowest BCUT2D eigenvalue weighted by molar-refractivity contribution is -0.122. The van der Waals surface area contributed by atoms with Crippen LogP contribution >= 0.6 is 11.8 Å². The van der Waals surface area contributed by atoms with Gasteiger partial charge in [-0.2, -0.15) is 11.8 Å². The van der Waals surface area contributed by atoms with Gasteiger partial charge in [0.25, 0.3) is 5.56 Å². The number of hydrogen-bond donors (Lipinski definition) is 2. The van der Waals surface area contributed by atoms with Crippen LogP contribution in [0.15, 0.2) is 35.4 Å². The van der Waals surface area contributed by atoms with Gasteiger partial charge in [-0.05, 0) is 30.6 Å². The van der Waals surface area contributed by atoms with Crippen LogP contribution < -0.4 is 10.9 Å². The molecule has 1 amide bonds.